The fourth-order valence-electron chi connectivity index (χ4n) is 2.15. The van der Waals surface area contributed by atoms with E-state index in [2.05, 4.69) is 53.8 Å². The van der Waals surface area contributed by atoms with Gasteiger partial charge in [0.25, 0.3) is 5.91 Å². The molecule has 1 aromatic carbocycles. The zero-order chi connectivity index (χ0) is 15.3. The van der Waals surface area contributed by atoms with Crippen molar-refractivity contribution < 1.29 is 4.79 Å². The van der Waals surface area contributed by atoms with Gasteiger partial charge in [0.15, 0.2) is 0 Å². The zero-order valence-corrected chi connectivity index (χ0v) is 14.8. The number of hydrogen-bond donors (Lipinski definition) is 1. The van der Waals surface area contributed by atoms with Crippen LogP contribution in [0.5, 0.6) is 0 Å². The molecule has 0 aliphatic carbocycles. The fourth-order valence-corrected chi connectivity index (χ4v) is 2.65. The van der Waals surface area contributed by atoms with E-state index < -0.39 is 0 Å². The molecule has 3 nitrogen and oxygen atoms in total. The summed E-state index contributed by atoms with van der Waals surface area (Å²) in [7, 11) is 0. The van der Waals surface area contributed by atoms with Crippen LogP contribution in [-0.2, 0) is 0 Å². The summed E-state index contributed by atoms with van der Waals surface area (Å²) in [5, 5.41) is 3.55. The molecule has 0 heterocycles. The quantitative estimate of drug-likeness (QED) is 0.832. The SMILES string of the molecule is CC(C)N(CCNC(=O)c1ccc(Cl)c(Br)c1)C(C)C. The molecular weight excluding hydrogens is 340 g/mol. The largest absolute Gasteiger partial charge is 0.351 e. The molecule has 0 spiro atoms. The molecule has 1 N–H and O–H groups in total. The average molecular weight is 362 g/mol. The van der Waals surface area contributed by atoms with E-state index in [1.54, 1.807) is 18.2 Å². The Bertz CT molecular complexity index is 455. The van der Waals surface area contributed by atoms with Crippen molar-refractivity contribution in [2.24, 2.45) is 0 Å². The molecule has 20 heavy (non-hydrogen) atoms. The maximum Gasteiger partial charge on any atom is 0.251 e. The highest BCUT2D eigenvalue weighted by molar-refractivity contribution is 9.10. The van der Waals surface area contributed by atoms with Gasteiger partial charge in [0.05, 0.1) is 5.02 Å². The van der Waals surface area contributed by atoms with Crippen LogP contribution in [-0.4, -0.2) is 36.0 Å². The van der Waals surface area contributed by atoms with E-state index in [-0.39, 0.29) is 5.91 Å². The summed E-state index contributed by atoms with van der Waals surface area (Å²) in [6.07, 6.45) is 0. The number of nitrogens with one attached hydrogen (secondary N) is 1. The van der Waals surface area contributed by atoms with Crippen molar-refractivity contribution in [3.63, 3.8) is 0 Å². The summed E-state index contributed by atoms with van der Waals surface area (Å²) in [5.41, 5.74) is 0.613. The van der Waals surface area contributed by atoms with E-state index in [1.807, 2.05) is 0 Å². The summed E-state index contributed by atoms with van der Waals surface area (Å²) in [5.74, 6) is -0.0742. The number of halogens is 2. The third-order valence-electron chi connectivity index (χ3n) is 3.16. The molecule has 0 fully saturated rings. The lowest BCUT2D eigenvalue weighted by atomic mass is 10.2. The van der Waals surface area contributed by atoms with Gasteiger partial charge >= 0.3 is 0 Å². The van der Waals surface area contributed by atoms with Crippen molar-refractivity contribution in [1.29, 1.82) is 0 Å². The van der Waals surface area contributed by atoms with Crippen molar-refractivity contribution in [1.82, 2.24) is 10.2 Å². The van der Waals surface area contributed by atoms with Crippen LogP contribution >= 0.6 is 27.5 Å². The number of amides is 1. The predicted octanol–water partition coefficient (Wildman–Crippen LogP) is 3.95. The van der Waals surface area contributed by atoms with Gasteiger partial charge in [-0.05, 0) is 61.8 Å². The van der Waals surface area contributed by atoms with Crippen molar-refractivity contribution in [3.8, 4) is 0 Å². The first kappa shape index (κ1) is 17.5. The van der Waals surface area contributed by atoms with Crippen LogP contribution in [0.4, 0.5) is 0 Å². The topological polar surface area (TPSA) is 32.3 Å². The molecule has 0 saturated heterocycles. The molecule has 1 rings (SSSR count). The molecule has 0 aromatic heterocycles. The lowest BCUT2D eigenvalue weighted by molar-refractivity contribution is 0.0939. The molecule has 0 unspecified atom stereocenters. The Kier molecular flexibility index (Phi) is 7.00. The molecule has 0 bridgehead atoms. The van der Waals surface area contributed by atoms with Crippen LogP contribution in [0, 0.1) is 0 Å². The van der Waals surface area contributed by atoms with Gasteiger partial charge in [0.2, 0.25) is 0 Å². The first-order valence-electron chi connectivity index (χ1n) is 6.82. The standard InChI is InChI=1S/C15H22BrClN2O/c1-10(2)19(11(3)4)8-7-18-15(20)12-5-6-14(17)13(16)9-12/h5-6,9-11H,7-8H2,1-4H3,(H,18,20). The van der Waals surface area contributed by atoms with E-state index in [1.165, 1.54) is 0 Å². The molecular formula is C15H22BrClN2O. The van der Waals surface area contributed by atoms with E-state index in [4.69, 9.17) is 11.6 Å². The van der Waals surface area contributed by atoms with Crippen LogP contribution in [0.1, 0.15) is 38.1 Å². The number of benzene rings is 1. The lowest BCUT2D eigenvalue weighted by Crippen LogP contribution is -2.42. The molecule has 0 atom stereocenters. The van der Waals surface area contributed by atoms with Crippen molar-refractivity contribution in [2.45, 2.75) is 39.8 Å². The highest BCUT2D eigenvalue weighted by Crippen LogP contribution is 2.23. The van der Waals surface area contributed by atoms with E-state index in [0.29, 0.717) is 29.2 Å². The molecule has 112 valence electrons. The number of carbonyl (C=O) groups is 1. The Hall–Kier alpha value is -0.580. The molecule has 0 aliphatic heterocycles. The Labute approximate surface area is 134 Å². The zero-order valence-electron chi connectivity index (χ0n) is 12.4. The van der Waals surface area contributed by atoms with Crippen molar-refractivity contribution in [2.75, 3.05) is 13.1 Å². The smallest absolute Gasteiger partial charge is 0.251 e. The van der Waals surface area contributed by atoms with Gasteiger partial charge in [-0.2, -0.15) is 0 Å². The van der Waals surface area contributed by atoms with Crippen molar-refractivity contribution in [3.05, 3.63) is 33.3 Å². The third-order valence-corrected chi connectivity index (χ3v) is 4.38. The average Bonchev–Trinajstić information content (AvgIpc) is 2.36. The normalized spacial score (nSPS) is 11.4. The van der Waals surface area contributed by atoms with Crippen LogP contribution < -0.4 is 5.32 Å². The van der Waals surface area contributed by atoms with Gasteiger partial charge in [0.1, 0.15) is 0 Å². The van der Waals surface area contributed by atoms with Crippen LogP contribution in [0.15, 0.2) is 22.7 Å². The molecule has 0 saturated carbocycles. The van der Waals surface area contributed by atoms with E-state index in [9.17, 15) is 4.79 Å². The van der Waals surface area contributed by atoms with Gasteiger partial charge in [-0.1, -0.05) is 11.6 Å². The maximum atomic E-state index is 12.0. The molecule has 1 aromatic rings. The summed E-state index contributed by atoms with van der Waals surface area (Å²) in [6, 6.07) is 6.12. The van der Waals surface area contributed by atoms with Gasteiger partial charge in [-0.15, -0.1) is 0 Å². The molecule has 0 aliphatic rings. The van der Waals surface area contributed by atoms with Crippen LogP contribution in [0.25, 0.3) is 0 Å². The van der Waals surface area contributed by atoms with Gasteiger partial charge in [-0.3, -0.25) is 9.69 Å². The minimum atomic E-state index is -0.0742. The van der Waals surface area contributed by atoms with E-state index >= 15 is 0 Å². The second-order valence-electron chi connectivity index (χ2n) is 5.31. The number of rotatable bonds is 6. The second kappa shape index (κ2) is 8.01. The highest BCUT2D eigenvalue weighted by Gasteiger charge is 2.13. The third kappa shape index (κ3) is 5.08. The fraction of sp³-hybridized carbons (Fsp3) is 0.533. The lowest BCUT2D eigenvalue weighted by Gasteiger charge is -2.30. The summed E-state index contributed by atoms with van der Waals surface area (Å²) >= 11 is 9.24. The highest BCUT2D eigenvalue weighted by atomic mass is 79.9. The van der Waals surface area contributed by atoms with Crippen LogP contribution in [0.3, 0.4) is 0 Å². The molecule has 0 radical (unpaired) electrons. The van der Waals surface area contributed by atoms with Gasteiger partial charge in [0, 0.05) is 35.2 Å². The first-order chi connectivity index (χ1) is 9.32. The second-order valence-corrected chi connectivity index (χ2v) is 6.57. The Morgan fingerprint density at radius 1 is 1.30 bits per heavy atom. The van der Waals surface area contributed by atoms with Gasteiger partial charge < -0.3 is 5.32 Å². The van der Waals surface area contributed by atoms with Crippen LogP contribution in [0.2, 0.25) is 5.02 Å². The monoisotopic (exact) mass is 360 g/mol. The molecule has 1 amide bonds. The maximum absolute atomic E-state index is 12.0. The predicted molar refractivity (Wildman–Crippen MR) is 88.5 cm³/mol. The van der Waals surface area contributed by atoms with Gasteiger partial charge in [-0.25, -0.2) is 0 Å². The first-order valence-corrected chi connectivity index (χ1v) is 7.99. The summed E-state index contributed by atoms with van der Waals surface area (Å²) < 4.78 is 0.734. The Morgan fingerprint density at radius 3 is 2.40 bits per heavy atom. The minimum absolute atomic E-state index is 0.0742. The number of nitrogens with zero attached hydrogens (tertiary/aromatic N) is 1. The molecule has 5 heteroatoms. The summed E-state index contributed by atoms with van der Waals surface area (Å²) in [6.45, 7) is 10.1. The number of hydrogen-bond acceptors (Lipinski definition) is 2. The number of carbonyl (C=O) groups excluding carboxylic acids is 1. The van der Waals surface area contributed by atoms with Crippen molar-refractivity contribution >= 4 is 33.4 Å². The van der Waals surface area contributed by atoms with E-state index in [0.717, 1.165) is 11.0 Å². The summed E-state index contributed by atoms with van der Waals surface area (Å²) in [4.78, 5) is 14.4. The minimum Gasteiger partial charge on any atom is -0.351 e. The Morgan fingerprint density at radius 2 is 1.90 bits per heavy atom. The Balaban J connectivity index is 2.53.